The first kappa shape index (κ1) is 19.0. The minimum atomic E-state index is -0.0540. The molecule has 0 atom stereocenters. The molecule has 1 aromatic heterocycles. The fourth-order valence-corrected chi connectivity index (χ4v) is 3.29. The highest BCUT2D eigenvalue weighted by Gasteiger charge is 2.12. The van der Waals surface area contributed by atoms with E-state index < -0.39 is 0 Å². The van der Waals surface area contributed by atoms with Crippen LogP contribution in [0.25, 0.3) is 16.7 Å². The molecular formula is C23H20ClN3O2. The minimum absolute atomic E-state index is 0.0540. The number of benzene rings is 3. The predicted molar refractivity (Wildman–Crippen MR) is 115 cm³/mol. The van der Waals surface area contributed by atoms with Gasteiger partial charge in [0, 0.05) is 23.3 Å². The van der Waals surface area contributed by atoms with Gasteiger partial charge < -0.3 is 9.64 Å². The van der Waals surface area contributed by atoms with Crippen LogP contribution in [-0.2, 0) is 0 Å². The molecule has 0 radical (unpaired) electrons. The highest BCUT2D eigenvalue weighted by Crippen LogP contribution is 2.19. The number of fused-ring (bicyclic) bond motifs is 1. The van der Waals surface area contributed by atoms with E-state index >= 15 is 0 Å². The first-order chi connectivity index (χ1) is 14.1. The molecule has 0 saturated heterocycles. The summed E-state index contributed by atoms with van der Waals surface area (Å²) >= 11 is 5.95. The van der Waals surface area contributed by atoms with E-state index in [4.69, 9.17) is 16.3 Å². The van der Waals surface area contributed by atoms with Gasteiger partial charge in [0.25, 0.3) is 5.91 Å². The number of carbonyl (C=O) groups is 1. The number of aromatic nitrogens is 2. The summed E-state index contributed by atoms with van der Waals surface area (Å²) in [6.07, 6.45) is 1.79. The Morgan fingerprint density at radius 2 is 1.86 bits per heavy atom. The van der Waals surface area contributed by atoms with Gasteiger partial charge >= 0.3 is 0 Å². The third-order valence-corrected chi connectivity index (χ3v) is 4.92. The molecule has 0 aliphatic heterocycles. The molecule has 5 nitrogen and oxygen atoms in total. The van der Waals surface area contributed by atoms with Crippen molar-refractivity contribution in [3.63, 3.8) is 0 Å². The summed E-state index contributed by atoms with van der Waals surface area (Å²) in [6.45, 7) is 0.862. The molecule has 0 aliphatic rings. The summed E-state index contributed by atoms with van der Waals surface area (Å²) in [4.78, 5) is 18.7. The average molecular weight is 406 g/mol. The monoisotopic (exact) mass is 405 g/mol. The van der Waals surface area contributed by atoms with Crippen LogP contribution in [-0.4, -0.2) is 40.6 Å². The summed E-state index contributed by atoms with van der Waals surface area (Å²) in [7, 11) is 1.76. The fraction of sp³-hybridized carbons (Fsp3) is 0.130. The van der Waals surface area contributed by atoms with Crippen molar-refractivity contribution in [2.24, 2.45) is 0 Å². The summed E-state index contributed by atoms with van der Waals surface area (Å²) < 4.78 is 7.67. The number of rotatable bonds is 6. The molecule has 0 saturated carbocycles. The number of amides is 1. The van der Waals surface area contributed by atoms with Crippen molar-refractivity contribution in [1.82, 2.24) is 14.5 Å². The Morgan fingerprint density at radius 3 is 2.66 bits per heavy atom. The van der Waals surface area contributed by atoms with Gasteiger partial charge in [-0.3, -0.25) is 9.36 Å². The van der Waals surface area contributed by atoms with Crippen LogP contribution < -0.4 is 4.74 Å². The van der Waals surface area contributed by atoms with Crippen LogP contribution in [0.5, 0.6) is 5.75 Å². The molecule has 146 valence electrons. The van der Waals surface area contributed by atoms with Crippen molar-refractivity contribution >= 4 is 28.5 Å². The van der Waals surface area contributed by atoms with Crippen LogP contribution in [0.2, 0.25) is 5.02 Å². The second kappa shape index (κ2) is 8.37. The fourth-order valence-electron chi connectivity index (χ4n) is 3.11. The summed E-state index contributed by atoms with van der Waals surface area (Å²) in [6, 6.07) is 22.7. The normalized spacial score (nSPS) is 10.8. The highest BCUT2D eigenvalue weighted by molar-refractivity contribution is 6.30. The van der Waals surface area contributed by atoms with E-state index in [1.54, 1.807) is 30.4 Å². The number of ether oxygens (including phenoxy) is 1. The quantitative estimate of drug-likeness (QED) is 0.461. The van der Waals surface area contributed by atoms with Crippen LogP contribution >= 0.6 is 11.6 Å². The van der Waals surface area contributed by atoms with Crippen molar-refractivity contribution in [2.75, 3.05) is 20.2 Å². The minimum Gasteiger partial charge on any atom is -0.492 e. The van der Waals surface area contributed by atoms with E-state index in [1.165, 1.54) is 0 Å². The van der Waals surface area contributed by atoms with Crippen LogP contribution in [0.4, 0.5) is 0 Å². The molecule has 3 aromatic carbocycles. The molecule has 1 heterocycles. The topological polar surface area (TPSA) is 47.4 Å². The van der Waals surface area contributed by atoms with Gasteiger partial charge in [-0.1, -0.05) is 29.8 Å². The van der Waals surface area contributed by atoms with E-state index in [9.17, 15) is 4.79 Å². The zero-order valence-corrected chi connectivity index (χ0v) is 16.7. The van der Waals surface area contributed by atoms with Gasteiger partial charge in [-0.15, -0.1) is 0 Å². The molecule has 0 N–H and O–H groups in total. The summed E-state index contributed by atoms with van der Waals surface area (Å²) in [5, 5.41) is 0.623. The Kier molecular flexibility index (Phi) is 5.49. The molecule has 29 heavy (non-hydrogen) atoms. The Morgan fingerprint density at radius 1 is 1.07 bits per heavy atom. The number of para-hydroxylation sites is 2. The van der Waals surface area contributed by atoms with Crippen molar-refractivity contribution < 1.29 is 9.53 Å². The highest BCUT2D eigenvalue weighted by atomic mass is 35.5. The Bertz CT molecular complexity index is 1140. The lowest BCUT2D eigenvalue weighted by Crippen LogP contribution is -2.30. The predicted octanol–water partition coefficient (Wildman–Crippen LogP) is 4.83. The van der Waals surface area contributed by atoms with Gasteiger partial charge in [-0.05, 0) is 54.6 Å². The van der Waals surface area contributed by atoms with E-state index in [1.807, 2.05) is 65.2 Å². The maximum Gasteiger partial charge on any atom is 0.253 e. The number of hydrogen-bond donors (Lipinski definition) is 0. The SMILES string of the molecule is CN(CCOc1cccc(Cl)c1)C(=O)c1ccc(-n2cnc3ccccc32)cc1. The van der Waals surface area contributed by atoms with Gasteiger partial charge in [0.2, 0.25) is 0 Å². The Hall–Kier alpha value is -3.31. The largest absolute Gasteiger partial charge is 0.492 e. The molecule has 0 aliphatic carbocycles. The summed E-state index contributed by atoms with van der Waals surface area (Å²) in [5.41, 5.74) is 3.56. The zero-order valence-electron chi connectivity index (χ0n) is 16.0. The van der Waals surface area contributed by atoms with Gasteiger partial charge in [-0.25, -0.2) is 4.98 Å². The van der Waals surface area contributed by atoms with Crippen molar-refractivity contribution in [2.45, 2.75) is 0 Å². The third kappa shape index (κ3) is 4.25. The van der Waals surface area contributed by atoms with Gasteiger partial charge in [-0.2, -0.15) is 0 Å². The first-order valence-electron chi connectivity index (χ1n) is 9.28. The molecule has 4 aromatic rings. The van der Waals surface area contributed by atoms with E-state index in [2.05, 4.69) is 4.98 Å². The van der Waals surface area contributed by atoms with E-state index in [-0.39, 0.29) is 5.91 Å². The lowest BCUT2D eigenvalue weighted by molar-refractivity contribution is 0.0774. The van der Waals surface area contributed by atoms with E-state index in [0.29, 0.717) is 29.5 Å². The number of imidazole rings is 1. The first-order valence-corrected chi connectivity index (χ1v) is 9.66. The van der Waals surface area contributed by atoms with Crippen molar-refractivity contribution in [3.8, 4) is 11.4 Å². The Balaban J connectivity index is 1.39. The van der Waals surface area contributed by atoms with Crippen LogP contribution in [0, 0.1) is 0 Å². The number of carbonyl (C=O) groups excluding carboxylic acids is 1. The molecule has 6 heteroatoms. The van der Waals surface area contributed by atoms with Gasteiger partial charge in [0.05, 0.1) is 17.6 Å². The molecule has 0 bridgehead atoms. The molecule has 0 spiro atoms. The molecular weight excluding hydrogens is 386 g/mol. The third-order valence-electron chi connectivity index (χ3n) is 4.68. The number of hydrogen-bond acceptors (Lipinski definition) is 3. The maximum absolute atomic E-state index is 12.7. The van der Waals surface area contributed by atoms with Gasteiger partial charge in [0.15, 0.2) is 0 Å². The number of nitrogens with zero attached hydrogens (tertiary/aromatic N) is 3. The standard InChI is InChI=1S/C23H20ClN3O2/c1-26(13-14-29-20-6-4-5-18(24)15-20)23(28)17-9-11-19(12-10-17)27-16-25-21-7-2-3-8-22(21)27/h2-12,15-16H,13-14H2,1H3. The van der Waals surface area contributed by atoms with Crippen molar-refractivity contribution in [1.29, 1.82) is 0 Å². The van der Waals surface area contributed by atoms with Crippen LogP contribution in [0.15, 0.2) is 79.1 Å². The van der Waals surface area contributed by atoms with E-state index in [0.717, 1.165) is 16.7 Å². The lowest BCUT2D eigenvalue weighted by atomic mass is 10.2. The molecule has 4 rings (SSSR count). The second-order valence-electron chi connectivity index (χ2n) is 6.68. The smallest absolute Gasteiger partial charge is 0.253 e. The number of halogens is 1. The zero-order chi connectivity index (χ0) is 20.2. The molecule has 0 unspecified atom stereocenters. The van der Waals surface area contributed by atoms with Crippen LogP contribution in [0.1, 0.15) is 10.4 Å². The maximum atomic E-state index is 12.7. The second-order valence-corrected chi connectivity index (χ2v) is 7.12. The van der Waals surface area contributed by atoms with Gasteiger partial charge in [0.1, 0.15) is 18.7 Å². The Labute approximate surface area is 174 Å². The summed E-state index contributed by atoms with van der Waals surface area (Å²) in [5.74, 6) is 0.636. The average Bonchev–Trinajstić information content (AvgIpc) is 3.17. The molecule has 0 fully saturated rings. The molecule has 1 amide bonds. The van der Waals surface area contributed by atoms with Crippen LogP contribution in [0.3, 0.4) is 0 Å². The number of likely N-dealkylation sites (N-methyl/N-ethyl adjacent to an activating group) is 1. The van der Waals surface area contributed by atoms with Crippen molar-refractivity contribution in [3.05, 3.63) is 89.7 Å². The lowest BCUT2D eigenvalue weighted by Gasteiger charge is -2.18.